The van der Waals surface area contributed by atoms with Gasteiger partial charge < -0.3 is 0 Å². The van der Waals surface area contributed by atoms with E-state index in [4.69, 9.17) is 0 Å². The van der Waals surface area contributed by atoms with Crippen molar-refractivity contribution < 1.29 is 0 Å². The minimum atomic E-state index is -0.00388. The van der Waals surface area contributed by atoms with Gasteiger partial charge in [-0.15, -0.1) is 0 Å². The molecular formula is C19H14N2OS. The van der Waals surface area contributed by atoms with E-state index >= 15 is 0 Å². The van der Waals surface area contributed by atoms with Crippen LogP contribution in [-0.4, -0.2) is 9.38 Å². The number of hydrogen-bond acceptors (Lipinski definition) is 3. The van der Waals surface area contributed by atoms with E-state index in [-0.39, 0.29) is 5.56 Å². The number of rotatable bonds is 2. The van der Waals surface area contributed by atoms with Gasteiger partial charge in [0.25, 0.3) is 5.56 Å². The molecule has 2 aromatic carbocycles. The Bertz CT molecular complexity index is 1140. The van der Waals surface area contributed by atoms with Crippen LogP contribution in [0.2, 0.25) is 0 Å². The Kier molecular flexibility index (Phi) is 3.32. The molecule has 112 valence electrons. The average molecular weight is 318 g/mol. The van der Waals surface area contributed by atoms with Crippen molar-refractivity contribution in [3.8, 4) is 0 Å². The maximum absolute atomic E-state index is 12.6. The molecular weight excluding hydrogens is 304 g/mol. The third kappa shape index (κ3) is 2.37. The van der Waals surface area contributed by atoms with Crippen LogP contribution in [-0.2, 0) is 0 Å². The number of hydrogen-bond donors (Lipinski definition) is 0. The molecule has 23 heavy (non-hydrogen) atoms. The SMILES string of the molecule is Cc1cccc2c1nc1sc(=CC=Cc3ccccc3)c(=O)n12. The van der Waals surface area contributed by atoms with Gasteiger partial charge in [-0.3, -0.25) is 4.79 Å². The smallest absolute Gasteiger partial charge is 0.267 e. The van der Waals surface area contributed by atoms with Crippen molar-refractivity contribution in [2.75, 3.05) is 0 Å². The molecule has 3 nitrogen and oxygen atoms in total. The number of imidazole rings is 1. The van der Waals surface area contributed by atoms with E-state index in [2.05, 4.69) is 4.98 Å². The summed E-state index contributed by atoms with van der Waals surface area (Å²) in [5.41, 5.74) is 3.98. The maximum atomic E-state index is 12.6. The average Bonchev–Trinajstić information content (AvgIpc) is 3.07. The van der Waals surface area contributed by atoms with Gasteiger partial charge >= 0.3 is 0 Å². The Morgan fingerprint density at radius 2 is 1.91 bits per heavy atom. The van der Waals surface area contributed by atoms with Crippen LogP contribution < -0.4 is 10.1 Å². The van der Waals surface area contributed by atoms with Crippen LogP contribution in [0.25, 0.3) is 28.1 Å². The third-order valence-corrected chi connectivity index (χ3v) is 4.79. The van der Waals surface area contributed by atoms with Crippen LogP contribution in [0.5, 0.6) is 0 Å². The zero-order valence-electron chi connectivity index (χ0n) is 12.6. The molecule has 0 bridgehead atoms. The predicted octanol–water partition coefficient (Wildman–Crippen LogP) is 3.43. The zero-order chi connectivity index (χ0) is 15.8. The van der Waals surface area contributed by atoms with E-state index in [0.717, 1.165) is 27.1 Å². The Hall–Kier alpha value is -2.72. The fourth-order valence-corrected chi connectivity index (χ4v) is 3.58. The number of aromatic nitrogens is 2. The molecule has 0 aliphatic rings. The van der Waals surface area contributed by atoms with Crippen molar-refractivity contribution in [3.63, 3.8) is 0 Å². The molecule has 2 aromatic heterocycles. The predicted molar refractivity (Wildman–Crippen MR) is 96.7 cm³/mol. The highest BCUT2D eigenvalue weighted by Gasteiger charge is 2.11. The molecule has 4 aromatic rings. The summed E-state index contributed by atoms with van der Waals surface area (Å²) in [5, 5.41) is 0. The van der Waals surface area contributed by atoms with Gasteiger partial charge in [-0.25, -0.2) is 9.38 Å². The van der Waals surface area contributed by atoms with E-state index in [1.54, 1.807) is 4.40 Å². The molecule has 0 saturated carbocycles. The minimum absolute atomic E-state index is 0.00388. The van der Waals surface area contributed by atoms with Crippen LogP contribution in [0.1, 0.15) is 11.1 Å². The number of nitrogens with zero attached hydrogens (tertiary/aromatic N) is 2. The van der Waals surface area contributed by atoms with Crippen LogP contribution in [0.15, 0.2) is 59.4 Å². The number of aryl methyl sites for hydroxylation is 1. The van der Waals surface area contributed by atoms with Gasteiger partial charge in [0.15, 0.2) is 4.96 Å². The van der Waals surface area contributed by atoms with Crippen LogP contribution in [0, 0.1) is 6.92 Å². The van der Waals surface area contributed by atoms with Crippen molar-refractivity contribution in [2.45, 2.75) is 6.92 Å². The number of allylic oxidation sites excluding steroid dienone is 1. The number of thiazole rings is 1. The fraction of sp³-hybridized carbons (Fsp3) is 0.0526. The molecule has 2 heterocycles. The monoisotopic (exact) mass is 318 g/mol. The molecule has 0 amide bonds. The van der Waals surface area contributed by atoms with Crippen molar-refractivity contribution in [1.29, 1.82) is 0 Å². The highest BCUT2D eigenvalue weighted by atomic mass is 32.1. The zero-order valence-corrected chi connectivity index (χ0v) is 13.4. The quantitative estimate of drug-likeness (QED) is 0.567. The van der Waals surface area contributed by atoms with Gasteiger partial charge in [-0.1, -0.05) is 66.0 Å². The second kappa shape index (κ2) is 5.48. The largest absolute Gasteiger partial charge is 0.274 e. The number of benzene rings is 2. The van der Waals surface area contributed by atoms with Crippen LogP contribution >= 0.6 is 11.3 Å². The normalized spacial score (nSPS) is 12.8. The highest BCUT2D eigenvalue weighted by molar-refractivity contribution is 7.15. The Balaban J connectivity index is 1.84. The standard InChI is InChI=1S/C19H14N2OS/c1-13-7-5-11-15-17(13)20-19-21(15)18(22)16(23-19)12-6-10-14-8-3-2-4-9-14/h2-12H,1H3. The second-order valence-electron chi connectivity index (χ2n) is 5.38. The summed E-state index contributed by atoms with van der Waals surface area (Å²) in [6.07, 6.45) is 5.76. The summed E-state index contributed by atoms with van der Waals surface area (Å²) in [4.78, 5) is 18.0. The number of fused-ring (bicyclic) bond motifs is 3. The highest BCUT2D eigenvalue weighted by Crippen LogP contribution is 2.19. The van der Waals surface area contributed by atoms with Gasteiger partial charge in [0.2, 0.25) is 0 Å². The Morgan fingerprint density at radius 3 is 2.74 bits per heavy atom. The molecule has 0 fully saturated rings. The molecule has 0 N–H and O–H groups in total. The third-order valence-electron chi connectivity index (χ3n) is 3.81. The first-order chi connectivity index (χ1) is 11.2. The van der Waals surface area contributed by atoms with Crippen molar-refractivity contribution in [1.82, 2.24) is 9.38 Å². The summed E-state index contributed by atoms with van der Waals surface area (Å²) in [6, 6.07) is 15.9. The lowest BCUT2D eigenvalue weighted by atomic mass is 10.2. The van der Waals surface area contributed by atoms with Gasteiger partial charge in [0.1, 0.15) is 0 Å². The van der Waals surface area contributed by atoms with Gasteiger partial charge in [0, 0.05) is 0 Å². The first-order valence-corrected chi connectivity index (χ1v) is 8.20. The summed E-state index contributed by atoms with van der Waals surface area (Å²) >= 11 is 1.43. The summed E-state index contributed by atoms with van der Waals surface area (Å²) in [6.45, 7) is 2.01. The number of para-hydroxylation sites is 1. The van der Waals surface area contributed by atoms with E-state index in [0.29, 0.717) is 4.53 Å². The van der Waals surface area contributed by atoms with Crippen molar-refractivity contribution in [2.24, 2.45) is 0 Å². The lowest BCUT2D eigenvalue weighted by Crippen LogP contribution is -2.22. The summed E-state index contributed by atoms with van der Waals surface area (Å²) < 4.78 is 2.40. The van der Waals surface area contributed by atoms with Crippen LogP contribution in [0.3, 0.4) is 0 Å². The van der Waals surface area contributed by atoms with Crippen molar-refractivity contribution >= 4 is 39.5 Å². The lowest BCUT2D eigenvalue weighted by Gasteiger charge is -1.92. The molecule has 4 rings (SSSR count). The topological polar surface area (TPSA) is 34.4 Å². The summed E-state index contributed by atoms with van der Waals surface area (Å²) in [5.74, 6) is 0. The maximum Gasteiger partial charge on any atom is 0.274 e. The molecule has 4 heteroatoms. The minimum Gasteiger partial charge on any atom is -0.267 e. The fourth-order valence-electron chi connectivity index (χ4n) is 2.65. The first kappa shape index (κ1) is 13.9. The molecule has 0 unspecified atom stereocenters. The molecule has 0 aliphatic heterocycles. The summed E-state index contributed by atoms with van der Waals surface area (Å²) in [7, 11) is 0. The van der Waals surface area contributed by atoms with Gasteiger partial charge in [-0.2, -0.15) is 0 Å². The van der Waals surface area contributed by atoms with Crippen molar-refractivity contribution in [3.05, 3.63) is 80.6 Å². The van der Waals surface area contributed by atoms with E-state index in [9.17, 15) is 4.79 Å². The van der Waals surface area contributed by atoms with Crippen LogP contribution in [0.4, 0.5) is 0 Å². The Labute approximate surface area is 136 Å². The van der Waals surface area contributed by atoms with E-state index in [1.807, 2.05) is 73.7 Å². The second-order valence-corrected chi connectivity index (χ2v) is 6.39. The molecule has 0 aliphatic carbocycles. The van der Waals surface area contributed by atoms with Gasteiger partial charge in [0.05, 0.1) is 15.6 Å². The van der Waals surface area contributed by atoms with Gasteiger partial charge in [-0.05, 0) is 30.2 Å². The molecule has 0 radical (unpaired) electrons. The lowest BCUT2D eigenvalue weighted by molar-refractivity contribution is 1.19. The van der Waals surface area contributed by atoms with E-state index < -0.39 is 0 Å². The first-order valence-electron chi connectivity index (χ1n) is 7.38. The molecule has 0 spiro atoms. The molecule has 0 atom stereocenters. The van der Waals surface area contributed by atoms with E-state index in [1.165, 1.54) is 11.3 Å². The Morgan fingerprint density at radius 1 is 1.09 bits per heavy atom. The molecule has 0 saturated heterocycles.